The molecule has 0 saturated carbocycles. The van der Waals surface area contributed by atoms with Crippen molar-refractivity contribution in [1.29, 1.82) is 0 Å². The standard InChI is InChI=1S/C30H28Br2N3S/c1-34(17-15-21-3-7-23(31)8-4-21)25-11-13-27-29(19-25)36-30-20-26(12-14-28(30)33-27)35(2)18-16-22-5-9-24(32)10-6-22/h3-14,19-20H,15-18H2,1-2H3/q+1. The highest BCUT2D eigenvalue weighted by molar-refractivity contribution is 9.10. The summed E-state index contributed by atoms with van der Waals surface area (Å²) in [6.45, 7) is 1.93. The van der Waals surface area contributed by atoms with E-state index in [1.807, 2.05) is 11.3 Å². The van der Waals surface area contributed by atoms with Gasteiger partial charge in [-0.05, 0) is 66.1 Å². The van der Waals surface area contributed by atoms with Crippen LogP contribution in [-0.2, 0) is 12.8 Å². The van der Waals surface area contributed by atoms with E-state index in [1.54, 1.807) is 0 Å². The third-order valence-electron chi connectivity index (χ3n) is 6.53. The van der Waals surface area contributed by atoms with Crippen LogP contribution in [0.1, 0.15) is 11.1 Å². The lowest BCUT2D eigenvalue weighted by atomic mass is 10.1. The Hall–Kier alpha value is -2.54. The van der Waals surface area contributed by atoms with Crippen LogP contribution in [0.15, 0.2) is 93.9 Å². The van der Waals surface area contributed by atoms with Gasteiger partial charge in [0.15, 0.2) is 0 Å². The molecule has 0 aromatic heterocycles. The predicted octanol–water partition coefficient (Wildman–Crippen LogP) is 7.25. The predicted molar refractivity (Wildman–Crippen MR) is 161 cm³/mol. The van der Waals surface area contributed by atoms with Gasteiger partial charge in [-0.3, -0.25) is 0 Å². The molecule has 1 aliphatic carbocycles. The molecule has 0 amide bonds. The largest absolute Gasteiger partial charge is 0.374 e. The van der Waals surface area contributed by atoms with Crippen LogP contribution in [0.3, 0.4) is 0 Å². The van der Waals surface area contributed by atoms with Crippen molar-refractivity contribution < 1.29 is 0 Å². The molecule has 0 radical (unpaired) electrons. The number of fused-ring (bicyclic) bond motifs is 2. The molecule has 3 aromatic rings. The quantitative estimate of drug-likeness (QED) is 0.141. The number of hydrogen-bond donors (Lipinski definition) is 0. The zero-order valence-electron chi connectivity index (χ0n) is 20.4. The molecule has 6 heteroatoms. The maximum atomic E-state index is 4.95. The lowest BCUT2D eigenvalue weighted by Crippen LogP contribution is -2.27. The average Bonchev–Trinajstić information content (AvgIpc) is 2.90. The Morgan fingerprint density at radius 3 is 2.17 bits per heavy atom. The Labute approximate surface area is 233 Å². The summed E-state index contributed by atoms with van der Waals surface area (Å²) >= 11 is 8.85. The zero-order valence-corrected chi connectivity index (χ0v) is 24.4. The van der Waals surface area contributed by atoms with Crippen molar-refractivity contribution in [3.63, 3.8) is 0 Å². The molecule has 36 heavy (non-hydrogen) atoms. The van der Waals surface area contributed by atoms with Gasteiger partial charge in [0.1, 0.15) is 13.6 Å². The lowest BCUT2D eigenvalue weighted by molar-refractivity contribution is 0.664. The molecular formula is C30H28Br2N3S+. The van der Waals surface area contributed by atoms with Crippen molar-refractivity contribution in [2.45, 2.75) is 12.8 Å². The van der Waals surface area contributed by atoms with Crippen molar-refractivity contribution in [3.05, 3.63) is 110 Å². The van der Waals surface area contributed by atoms with E-state index in [2.05, 4.69) is 140 Å². The minimum absolute atomic E-state index is 0.964. The Balaban J connectivity index is 1.36. The Bertz CT molecular complexity index is 1530. The van der Waals surface area contributed by atoms with Crippen LogP contribution in [0.2, 0.25) is 0 Å². The maximum absolute atomic E-state index is 4.95. The molecule has 0 unspecified atom stereocenters. The summed E-state index contributed by atoms with van der Waals surface area (Å²) in [6.07, 6.45) is 2.02. The van der Waals surface area contributed by atoms with E-state index in [-0.39, 0.29) is 0 Å². The van der Waals surface area contributed by atoms with E-state index in [0.29, 0.717) is 0 Å². The van der Waals surface area contributed by atoms with Gasteiger partial charge in [0.05, 0.1) is 20.8 Å². The fourth-order valence-electron chi connectivity index (χ4n) is 4.23. The molecule has 3 nitrogen and oxygen atoms in total. The van der Waals surface area contributed by atoms with Crippen molar-refractivity contribution in [2.24, 2.45) is 0 Å². The summed E-state index contributed by atoms with van der Waals surface area (Å²) in [5.74, 6) is 0. The second-order valence-electron chi connectivity index (χ2n) is 9.11. The van der Waals surface area contributed by atoms with Gasteiger partial charge < -0.3 is 4.90 Å². The number of halogens is 2. The summed E-state index contributed by atoms with van der Waals surface area (Å²) in [7, 11) is 4.33. The van der Waals surface area contributed by atoms with Gasteiger partial charge >= 0.3 is 0 Å². The first kappa shape index (κ1) is 25.1. The number of aromatic nitrogens is 1. The van der Waals surface area contributed by atoms with Gasteiger partial charge in [-0.25, -0.2) is 9.56 Å². The molecule has 2 aliphatic rings. The number of likely N-dealkylation sites (N-methyl/N-ethyl adjacent to an activating group) is 2. The Morgan fingerprint density at radius 2 is 1.47 bits per heavy atom. The van der Waals surface area contributed by atoms with Crippen LogP contribution < -0.4 is 14.8 Å². The van der Waals surface area contributed by atoms with Gasteiger partial charge in [-0.2, -0.15) is 0 Å². The smallest absolute Gasteiger partial charge is 0.201 e. The molecule has 182 valence electrons. The minimum Gasteiger partial charge on any atom is -0.374 e. The van der Waals surface area contributed by atoms with Gasteiger partial charge in [0.25, 0.3) is 0 Å². The van der Waals surface area contributed by atoms with Crippen molar-refractivity contribution >= 4 is 59.1 Å². The van der Waals surface area contributed by atoms with Gasteiger partial charge in [-0.1, -0.05) is 56.1 Å². The normalized spacial score (nSPS) is 12.2. The Morgan fingerprint density at radius 1 is 0.806 bits per heavy atom. The van der Waals surface area contributed by atoms with Gasteiger partial charge in [0, 0.05) is 46.8 Å². The highest BCUT2D eigenvalue weighted by atomic mass is 79.9. The fraction of sp³-hybridized carbons (Fsp3) is 0.200. The summed E-state index contributed by atoms with van der Waals surface area (Å²) in [5.41, 5.74) is 6.01. The summed E-state index contributed by atoms with van der Waals surface area (Å²) in [4.78, 5) is 8.48. The first-order chi connectivity index (χ1) is 17.4. The van der Waals surface area contributed by atoms with E-state index < -0.39 is 0 Å². The molecular weight excluding hydrogens is 594 g/mol. The first-order valence-electron chi connectivity index (χ1n) is 12.0. The second-order valence-corrected chi connectivity index (χ2v) is 12.0. The molecule has 0 spiro atoms. The molecule has 3 aromatic carbocycles. The molecule has 0 bridgehead atoms. The monoisotopic (exact) mass is 620 g/mol. The van der Waals surface area contributed by atoms with E-state index in [9.17, 15) is 0 Å². The van der Waals surface area contributed by atoms with Crippen molar-refractivity contribution in [1.82, 2.24) is 9.56 Å². The SMILES string of the molecule is CN(CCc1ccc(Br)cc1)c1ccc2nc3ccc(=[N+](C)CCc4ccc(Br)cc4)cc-3sc2c1. The topological polar surface area (TPSA) is 19.1 Å². The number of rotatable bonds is 7. The third-order valence-corrected chi connectivity index (χ3v) is 8.68. The number of hydrogen-bond acceptors (Lipinski definition) is 3. The van der Waals surface area contributed by atoms with Gasteiger partial charge in [-0.15, -0.1) is 11.3 Å². The molecule has 0 N–H and O–H groups in total. The van der Waals surface area contributed by atoms with Gasteiger partial charge in [0.2, 0.25) is 5.36 Å². The van der Waals surface area contributed by atoms with E-state index in [0.717, 1.165) is 46.1 Å². The van der Waals surface area contributed by atoms with Crippen molar-refractivity contribution in [2.75, 3.05) is 32.1 Å². The van der Waals surface area contributed by atoms with Crippen LogP contribution in [0.4, 0.5) is 5.69 Å². The van der Waals surface area contributed by atoms with Crippen LogP contribution in [0, 0.1) is 0 Å². The van der Waals surface area contributed by atoms with E-state index in [4.69, 9.17) is 4.98 Å². The fourth-order valence-corrected chi connectivity index (χ4v) is 5.79. The second kappa shape index (κ2) is 11.2. The minimum atomic E-state index is 0.964. The summed E-state index contributed by atoms with van der Waals surface area (Å²) in [5, 5.41) is 1.22. The maximum Gasteiger partial charge on any atom is 0.201 e. The number of anilines is 1. The van der Waals surface area contributed by atoms with E-state index >= 15 is 0 Å². The highest BCUT2D eigenvalue weighted by Gasteiger charge is 2.11. The zero-order chi connectivity index (χ0) is 25.1. The number of benzene rings is 4. The molecule has 0 fully saturated rings. The number of nitrogens with zero attached hydrogens (tertiary/aromatic N) is 3. The van der Waals surface area contributed by atoms with Crippen LogP contribution in [0.25, 0.3) is 20.8 Å². The van der Waals surface area contributed by atoms with Crippen LogP contribution in [0.5, 0.6) is 0 Å². The molecule has 1 heterocycles. The summed E-state index contributed by atoms with van der Waals surface area (Å²) < 4.78 is 5.78. The van der Waals surface area contributed by atoms with E-state index in [1.165, 1.54) is 31.7 Å². The van der Waals surface area contributed by atoms with Crippen LogP contribution in [-0.4, -0.2) is 32.2 Å². The molecule has 5 rings (SSSR count). The molecule has 1 aliphatic heterocycles. The Kier molecular flexibility index (Phi) is 7.85. The van der Waals surface area contributed by atoms with Crippen molar-refractivity contribution in [3.8, 4) is 10.6 Å². The highest BCUT2D eigenvalue weighted by Crippen LogP contribution is 2.31. The lowest BCUT2D eigenvalue weighted by Gasteiger charge is -2.20. The summed E-state index contributed by atoms with van der Waals surface area (Å²) in [6, 6.07) is 30.4. The third kappa shape index (κ3) is 6.05. The average molecular weight is 622 g/mol. The first-order valence-corrected chi connectivity index (χ1v) is 14.4. The van der Waals surface area contributed by atoms with Crippen LogP contribution >= 0.6 is 43.2 Å². The molecule has 0 saturated heterocycles. The molecule has 0 atom stereocenters.